The summed E-state index contributed by atoms with van der Waals surface area (Å²) >= 11 is 0. The Labute approximate surface area is 251 Å². The second-order valence-electron chi connectivity index (χ2n) is 10.4. The first kappa shape index (κ1) is 31.0. The number of methoxy groups -OCH3 is 1. The number of aryl methyl sites for hydroxylation is 1. The van der Waals surface area contributed by atoms with Crippen LogP contribution in [-0.4, -0.2) is 71.7 Å². The lowest BCUT2D eigenvalue weighted by molar-refractivity contribution is -0.111. The van der Waals surface area contributed by atoms with Gasteiger partial charge in [0.05, 0.1) is 36.0 Å². The average molecular weight is 586 g/mol. The van der Waals surface area contributed by atoms with Gasteiger partial charge in [0.15, 0.2) is 0 Å². The summed E-state index contributed by atoms with van der Waals surface area (Å²) in [4.78, 5) is 36.8. The first-order valence-electron chi connectivity index (χ1n) is 14.1. The predicted octanol–water partition coefficient (Wildman–Crippen LogP) is 5.44. The first-order chi connectivity index (χ1) is 20.6. The van der Waals surface area contributed by atoms with Crippen LogP contribution in [0.15, 0.2) is 61.4 Å². The number of nitrogens with one attached hydrogen (secondary N) is 3. The van der Waals surface area contributed by atoms with Gasteiger partial charge in [-0.1, -0.05) is 31.7 Å². The minimum absolute atomic E-state index is 0.232. The quantitative estimate of drug-likeness (QED) is 0.139. The predicted molar refractivity (Wildman–Crippen MR) is 171 cm³/mol. The molecular formula is C32H39N7O4. The molecule has 0 aliphatic rings. The van der Waals surface area contributed by atoms with Crippen LogP contribution in [0.2, 0.25) is 0 Å². The number of para-hydroxylation sites is 1. The van der Waals surface area contributed by atoms with Crippen LogP contribution < -0.4 is 20.7 Å². The number of amides is 1. The fourth-order valence-corrected chi connectivity index (χ4v) is 4.47. The van der Waals surface area contributed by atoms with Crippen molar-refractivity contribution in [2.45, 2.75) is 26.4 Å². The summed E-state index contributed by atoms with van der Waals surface area (Å²) in [5, 5.41) is 10.4. The lowest BCUT2D eigenvalue weighted by Crippen LogP contribution is -2.21. The zero-order chi connectivity index (χ0) is 31.1. The van der Waals surface area contributed by atoms with Gasteiger partial charge in [-0.05, 0) is 45.6 Å². The number of fused-ring (bicyclic) bond motifs is 1. The highest BCUT2D eigenvalue weighted by Crippen LogP contribution is 2.37. The van der Waals surface area contributed by atoms with E-state index in [2.05, 4.69) is 32.4 Å². The molecule has 2 aromatic heterocycles. The molecule has 4 aromatic rings. The summed E-state index contributed by atoms with van der Waals surface area (Å²) in [6.45, 7) is 8.80. The van der Waals surface area contributed by atoms with Crippen LogP contribution in [-0.2, 0) is 16.6 Å². The molecule has 11 nitrogen and oxygen atoms in total. The number of aromatic nitrogens is 3. The molecule has 43 heavy (non-hydrogen) atoms. The van der Waals surface area contributed by atoms with E-state index in [9.17, 15) is 9.59 Å². The minimum atomic E-state index is -0.496. The molecule has 0 fully saturated rings. The Morgan fingerprint density at radius 2 is 1.93 bits per heavy atom. The van der Waals surface area contributed by atoms with Gasteiger partial charge in [-0.2, -0.15) is 0 Å². The van der Waals surface area contributed by atoms with E-state index in [1.807, 2.05) is 70.0 Å². The highest BCUT2D eigenvalue weighted by Gasteiger charge is 2.23. The number of rotatable bonds is 13. The van der Waals surface area contributed by atoms with E-state index in [-0.39, 0.29) is 23.5 Å². The number of hydrogen-bond donors (Lipinski definition) is 3. The number of hydrogen-bond acceptors (Lipinski definition) is 9. The Hall–Kier alpha value is -4.90. The van der Waals surface area contributed by atoms with Gasteiger partial charge in [-0.25, -0.2) is 14.8 Å². The van der Waals surface area contributed by atoms with Gasteiger partial charge in [0, 0.05) is 55.1 Å². The van der Waals surface area contributed by atoms with Crippen LogP contribution in [0.25, 0.3) is 22.2 Å². The highest BCUT2D eigenvalue weighted by atomic mass is 16.5. The fourth-order valence-electron chi connectivity index (χ4n) is 4.47. The molecule has 0 bridgehead atoms. The van der Waals surface area contributed by atoms with E-state index in [1.54, 1.807) is 19.2 Å². The molecule has 2 heterocycles. The van der Waals surface area contributed by atoms with Crippen molar-refractivity contribution in [2.75, 3.05) is 50.2 Å². The molecule has 1 amide bonds. The molecule has 0 spiro atoms. The smallest absolute Gasteiger partial charge is 0.342 e. The summed E-state index contributed by atoms with van der Waals surface area (Å²) in [5.74, 6) is -0.121. The van der Waals surface area contributed by atoms with E-state index < -0.39 is 5.97 Å². The molecule has 1 atom stereocenters. The van der Waals surface area contributed by atoms with Crippen molar-refractivity contribution in [2.24, 2.45) is 7.05 Å². The topological polar surface area (TPSA) is 123 Å². The van der Waals surface area contributed by atoms with E-state index in [0.29, 0.717) is 41.5 Å². The molecule has 226 valence electrons. The molecule has 0 saturated heterocycles. The summed E-state index contributed by atoms with van der Waals surface area (Å²) in [6.07, 6.45) is 5.04. The molecule has 4 rings (SSSR count). The molecule has 11 heteroatoms. The number of ether oxygens (including phenoxy) is 2. The average Bonchev–Trinajstić information content (AvgIpc) is 3.33. The summed E-state index contributed by atoms with van der Waals surface area (Å²) in [5.41, 5.74) is 4.17. The largest absolute Gasteiger partial charge is 0.494 e. The number of anilines is 4. The van der Waals surface area contributed by atoms with Crippen LogP contribution >= 0.6 is 0 Å². The zero-order valence-electron chi connectivity index (χ0n) is 25.5. The number of esters is 1. The maximum Gasteiger partial charge on any atom is 0.342 e. The van der Waals surface area contributed by atoms with Gasteiger partial charge in [-0.3, -0.25) is 4.79 Å². The second-order valence-corrected chi connectivity index (χ2v) is 10.4. The van der Waals surface area contributed by atoms with Gasteiger partial charge in [0.1, 0.15) is 11.3 Å². The monoisotopic (exact) mass is 585 g/mol. The van der Waals surface area contributed by atoms with Gasteiger partial charge in [-0.15, -0.1) is 0 Å². The van der Waals surface area contributed by atoms with Crippen molar-refractivity contribution in [1.29, 1.82) is 0 Å². The first-order valence-corrected chi connectivity index (χ1v) is 14.1. The third-order valence-corrected chi connectivity index (χ3v) is 6.95. The Kier molecular flexibility index (Phi) is 9.99. The highest BCUT2D eigenvalue weighted by molar-refractivity contribution is 6.03. The van der Waals surface area contributed by atoms with Crippen LogP contribution in [0.1, 0.15) is 30.6 Å². The lowest BCUT2D eigenvalue weighted by atomic mass is 10.1. The zero-order valence-corrected chi connectivity index (χ0v) is 25.5. The number of likely N-dealkylation sites (N-methyl/N-ethyl adjacent to an activating group) is 1. The van der Waals surface area contributed by atoms with Crippen molar-refractivity contribution in [3.63, 3.8) is 0 Å². The van der Waals surface area contributed by atoms with Crippen molar-refractivity contribution in [1.82, 2.24) is 19.4 Å². The van der Waals surface area contributed by atoms with Crippen LogP contribution in [0, 0.1) is 0 Å². The molecule has 0 saturated carbocycles. The van der Waals surface area contributed by atoms with E-state index in [1.165, 1.54) is 12.3 Å². The van der Waals surface area contributed by atoms with Crippen LogP contribution in [0.5, 0.6) is 5.75 Å². The third kappa shape index (κ3) is 7.31. The van der Waals surface area contributed by atoms with Gasteiger partial charge >= 0.3 is 5.97 Å². The SMILES string of the molecule is C=CC(=O)Nc1cc(Nc2ncc(C(=O)OC(C)CC)c(-c3cn(C)c4ccccc34)n2)c(OC)cc1NCCN(C)C. The summed E-state index contributed by atoms with van der Waals surface area (Å²) < 4.78 is 13.3. The maximum atomic E-state index is 13.3. The van der Waals surface area contributed by atoms with Crippen LogP contribution in [0.3, 0.4) is 0 Å². The number of carbonyl (C=O) groups is 2. The van der Waals surface area contributed by atoms with Gasteiger partial charge in [0.25, 0.3) is 0 Å². The minimum Gasteiger partial charge on any atom is -0.494 e. The summed E-state index contributed by atoms with van der Waals surface area (Å²) in [6, 6.07) is 11.4. The van der Waals surface area contributed by atoms with Crippen LogP contribution in [0.4, 0.5) is 23.0 Å². The molecule has 1 unspecified atom stereocenters. The Morgan fingerprint density at radius 3 is 2.63 bits per heavy atom. The lowest BCUT2D eigenvalue weighted by Gasteiger charge is -2.19. The third-order valence-electron chi connectivity index (χ3n) is 6.95. The Bertz CT molecular complexity index is 1630. The molecule has 0 aliphatic carbocycles. The number of nitrogens with zero attached hydrogens (tertiary/aromatic N) is 4. The fraction of sp³-hybridized carbons (Fsp3) is 0.312. The van der Waals surface area contributed by atoms with Crippen molar-refractivity contribution in [3.05, 3.63) is 67.0 Å². The number of carbonyl (C=O) groups excluding carboxylic acids is 2. The molecule has 2 aromatic carbocycles. The molecule has 0 radical (unpaired) electrons. The normalized spacial score (nSPS) is 11.7. The Morgan fingerprint density at radius 1 is 1.16 bits per heavy atom. The van der Waals surface area contributed by atoms with Gasteiger partial charge < -0.3 is 34.9 Å². The van der Waals surface area contributed by atoms with Crippen molar-refractivity contribution >= 4 is 45.8 Å². The van der Waals surface area contributed by atoms with Gasteiger partial charge in [0.2, 0.25) is 11.9 Å². The standard InChI is InChI=1S/C32H39N7O4/c1-8-20(3)43-31(41)22-18-34-32(37-30(22)23-19-39(6)27-13-11-10-12-21(23)27)36-26-16-25(35-29(40)9-2)24(17-28(26)42-7)33-14-15-38(4)5/h9-13,16-20,33H,2,8,14-15H2,1,3-7H3,(H,35,40)(H,34,36,37). The van der Waals surface area contributed by atoms with Crippen molar-refractivity contribution in [3.8, 4) is 17.0 Å². The molecule has 0 aliphatic heterocycles. The molecular weight excluding hydrogens is 546 g/mol. The number of benzene rings is 2. The van der Waals surface area contributed by atoms with E-state index in [4.69, 9.17) is 14.5 Å². The van der Waals surface area contributed by atoms with Crippen molar-refractivity contribution < 1.29 is 19.1 Å². The molecule has 3 N–H and O–H groups in total. The van der Waals surface area contributed by atoms with E-state index in [0.717, 1.165) is 23.0 Å². The Balaban J connectivity index is 1.79. The second kappa shape index (κ2) is 13.8. The maximum absolute atomic E-state index is 13.3. The van der Waals surface area contributed by atoms with E-state index >= 15 is 0 Å². The summed E-state index contributed by atoms with van der Waals surface area (Å²) in [7, 11) is 7.47.